The second-order valence-corrected chi connectivity index (χ2v) is 4.91. The van der Waals surface area contributed by atoms with Gasteiger partial charge in [0.1, 0.15) is 0 Å². The van der Waals surface area contributed by atoms with Crippen molar-refractivity contribution in [2.45, 2.75) is 26.8 Å². The number of amides is 1. The van der Waals surface area contributed by atoms with E-state index in [1.165, 1.54) is 11.8 Å². The number of carbonyl (C=O) groups excluding carboxylic acids is 1. The SMILES string of the molecule is CCN(C(C)=O)C(C(=O)O)c1ccc(C)c(Br)c1. The normalized spacial score (nSPS) is 12.0. The van der Waals surface area contributed by atoms with Crippen molar-refractivity contribution < 1.29 is 14.7 Å². The minimum atomic E-state index is -1.03. The number of nitrogens with zero attached hydrogens (tertiary/aromatic N) is 1. The van der Waals surface area contributed by atoms with Gasteiger partial charge in [0.25, 0.3) is 0 Å². The zero-order valence-electron chi connectivity index (χ0n) is 10.6. The van der Waals surface area contributed by atoms with Crippen LogP contribution in [-0.4, -0.2) is 28.4 Å². The van der Waals surface area contributed by atoms with Gasteiger partial charge < -0.3 is 10.0 Å². The lowest BCUT2D eigenvalue weighted by molar-refractivity contribution is -0.149. The maximum Gasteiger partial charge on any atom is 0.331 e. The summed E-state index contributed by atoms with van der Waals surface area (Å²) in [4.78, 5) is 24.2. The molecule has 1 aromatic carbocycles. The second kappa shape index (κ2) is 6.00. The maximum absolute atomic E-state index is 11.5. The summed E-state index contributed by atoms with van der Waals surface area (Å²) in [6.45, 7) is 5.42. The molecule has 1 rings (SSSR count). The number of aryl methyl sites for hydroxylation is 1. The fraction of sp³-hybridized carbons (Fsp3) is 0.385. The Morgan fingerprint density at radius 1 is 1.44 bits per heavy atom. The molecule has 98 valence electrons. The van der Waals surface area contributed by atoms with Gasteiger partial charge in [-0.3, -0.25) is 4.79 Å². The fourth-order valence-electron chi connectivity index (χ4n) is 1.82. The highest BCUT2D eigenvalue weighted by Crippen LogP contribution is 2.26. The number of likely N-dealkylation sites (N-methyl/N-ethyl adjacent to an activating group) is 1. The zero-order chi connectivity index (χ0) is 13.9. The van der Waals surface area contributed by atoms with E-state index in [9.17, 15) is 14.7 Å². The van der Waals surface area contributed by atoms with Gasteiger partial charge in [0.15, 0.2) is 6.04 Å². The summed E-state index contributed by atoms with van der Waals surface area (Å²) in [5, 5.41) is 9.33. The molecule has 5 heteroatoms. The smallest absolute Gasteiger partial charge is 0.331 e. The molecule has 0 aliphatic heterocycles. The molecule has 0 saturated heterocycles. The fourth-order valence-corrected chi connectivity index (χ4v) is 2.22. The summed E-state index contributed by atoms with van der Waals surface area (Å²) in [6.07, 6.45) is 0. The molecule has 0 spiro atoms. The molecule has 4 nitrogen and oxygen atoms in total. The molecular weight excluding hydrogens is 298 g/mol. The van der Waals surface area contributed by atoms with Gasteiger partial charge in [-0.25, -0.2) is 4.79 Å². The van der Waals surface area contributed by atoms with Crippen LogP contribution >= 0.6 is 15.9 Å². The monoisotopic (exact) mass is 313 g/mol. The van der Waals surface area contributed by atoms with Crippen molar-refractivity contribution in [2.75, 3.05) is 6.54 Å². The summed E-state index contributed by atoms with van der Waals surface area (Å²) < 4.78 is 0.839. The quantitative estimate of drug-likeness (QED) is 0.930. The molecular formula is C13H16BrNO3. The van der Waals surface area contributed by atoms with Crippen LogP contribution in [0.25, 0.3) is 0 Å². The Morgan fingerprint density at radius 2 is 2.06 bits per heavy atom. The molecule has 1 N–H and O–H groups in total. The first kappa shape index (κ1) is 14.7. The molecule has 0 aromatic heterocycles. The third kappa shape index (κ3) is 3.10. The van der Waals surface area contributed by atoms with Gasteiger partial charge in [0.2, 0.25) is 5.91 Å². The maximum atomic E-state index is 11.5. The van der Waals surface area contributed by atoms with Crippen molar-refractivity contribution in [2.24, 2.45) is 0 Å². The Bertz CT molecular complexity index is 473. The first-order valence-electron chi connectivity index (χ1n) is 5.64. The molecule has 0 aliphatic rings. The van der Waals surface area contributed by atoms with Crippen LogP contribution in [0, 0.1) is 6.92 Å². The Labute approximate surface area is 115 Å². The number of aliphatic carboxylic acids is 1. The van der Waals surface area contributed by atoms with Crippen LogP contribution in [0.2, 0.25) is 0 Å². The van der Waals surface area contributed by atoms with Crippen LogP contribution in [-0.2, 0) is 9.59 Å². The molecule has 1 unspecified atom stereocenters. The lowest BCUT2D eigenvalue weighted by Gasteiger charge is -2.27. The number of halogens is 1. The van der Waals surface area contributed by atoms with Crippen molar-refractivity contribution in [1.82, 2.24) is 4.90 Å². The van der Waals surface area contributed by atoms with E-state index in [4.69, 9.17) is 0 Å². The third-order valence-electron chi connectivity index (χ3n) is 2.80. The Kier molecular flexibility index (Phi) is 4.90. The molecule has 0 aliphatic carbocycles. The highest BCUT2D eigenvalue weighted by Gasteiger charge is 2.28. The van der Waals surface area contributed by atoms with Crippen LogP contribution in [0.5, 0.6) is 0 Å². The van der Waals surface area contributed by atoms with Gasteiger partial charge >= 0.3 is 5.97 Å². The number of carboxylic acids is 1. The van der Waals surface area contributed by atoms with E-state index in [0.717, 1.165) is 10.0 Å². The van der Waals surface area contributed by atoms with E-state index in [0.29, 0.717) is 12.1 Å². The first-order chi connectivity index (χ1) is 8.38. The van der Waals surface area contributed by atoms with Crippen LogP contribution in [0.15, 0.2) is 22.7 Å². The van der Waals surface area contributed by atoms with E-state index in [1.54, 1.807) is 19.1 Å². The molecule has 0 fully saturated rings. The largest absolute Gasteiger partial charge is 0.479 e. The third-order valence-corrected chi connectivity index (χ3v) is 3.66. The highest BCUT2D eigenvalue weighted by atomic mass is 79.9. The average Bonchev–Trinajstić information content (AvgIpc) is 2.28. The number of rotatable bonds is 4. The van der Waals surface area contributed by atoms with Crippen molar-refractivity contribution in [3.63, 3.8) is 0 Å². The van der Waals surface area contributed by atoms with Gasteiger partial charge in [-0.2, -0.15) is 0 Å². The van der Waals surface area contributed by atoms with Crippen LogP contribution in [0.3, 0.4) is 0 Å². The first-order valence-corrected chi connectivity index (χ1v) is 6.43. The highest BCUT2D eigenvalue weighted by molar-refractivity contribution is 9.10. The Hall–Kier alpha value is -1.36. The number of hydrogen-bond donors (Lipinski definition) is 1. The lowest BCUT2D eigenvalue weighted by Crippen LogP contribution is -2.37. The zero-order valence-corrected chi connectivity index (χ0v) is 12.2. The van der Waals surface area contributed by atoms with E-state index in [1.807, 2.05) is 13.0 Å². The molecule has 1 amide bonds. The van der Waals surface area contributed by atoms with Crippen LogP contribution in [0.1, 0.15) is 31.0 Å². The Morgan fingerprint density at radius 3 is 2.44 bits per heavy atom. The Balaban J connectivity index is 3.23. The van der Waals surface area contributed by atoms with Gasteiger partial charge in [0, 0.05) is 17.9 Å². The van der Waals surface area contributed by atoms with E-state index >= 15 is 0 Å². The molecule has 1 atom stereocenters. The molecule has 0 bridgehead atoms. The summed E-state index contributed by atoms with van der Waals surface area (Å²) in [5.41, 5.74) is 1.62. The van der Waals surface area contributed by atoms with Crippen LogP contribution in [0.4, 0.5) is 0 Å². The van der Waals surface area contributed by atoms with Crippen molar-refractivity contribution >= 4 is 27.8 Å². The summed E-state index contributed by atoms with van der Waals surface area (Å²) in [5.74, 6) is -1.27. The molecule has 0 saturated carbocycles. The van der Waals surface area contributed by atoms with E-state index < -0.39 is 12.0 Å². The molecule has 0 radical (unpaired) electrons. The average molecular weight is 314 g/mol. The second-order valence-electron chi connectivity index (χ2n) is 4.05. The number of hydrogen-bond acceptors (Lipinski definition) is 2. The summed E-state index contributed by atoms with van der Waals surface area (Å²) in [6, 6.07) is 4.39. The van der Waals surface area contributed by atoms with Crippen LogP contribution < -0.4 is 0 Å². The number of carboxylic acid groups (broad SMARTS) is 1. The summed E-state index contributed by atoms with van der Waals surface area (Å²) >= 11 is 3.38. The molecule has 1 aromatic rings. The van der Waals surface area contributed by atoms with E-state index in [-0.39, 0.29) is 5.91 Å². The molecule has 18 heavy (non-hydrogen) atoms. The van der Waals surface area contributed by atoms with Gasteiger partial charge in [-0.15, -0.1) is 0 Å². The topological polar surface area (TPSA) is 57.6 Å². The predicted octanol–water partition coefficient (Wildman–Crippen LogP) is 2.75. The van der Waals surface area contributed by atoms with Crippen molar-refractivity contribution in [3.8, 4) is 0 Å². The van der Waals surface area contributed by atoms with Gasteiger partial charge in [0.05, 0.1) is 0 Å². The number of benzene rings is 1. The molecule has 0 heterocycles. The predicted molar refractivity (Wildman–Crippen MR) is 72.3 cm³/mol. The number of carbonyl (C=O) groups is 2. The minimum Gasteiger partial charge on any atom is -0.479 e. The van der Waals surface area contributed by atoms with Crippen molar-refractivity contribution in [3.05, 3.63) is 33.8 Å². The van der Waals surface area contributed by atoms with Gasteiger partial charge in [-0.05, 0) is 31.0 Å². The van der Waals surface area contributed by atoms with Gasteiger partial charge in [-0.1, -0.05) is 28.1 Å². The van der Waals surface area contributed by atoms with E-state index in [2.05, 4.69) is 15.9 Å². The lowest BCUT2D eigenvalue weighted by atomic mass is 10.0. The summed E-state index contributed by atoms with van der Waals surface area (Å²) in [7, 11) is 0. The minimum absolute atomic E-state index is 0.249. The standard InChI is InChI=1S/C13H16BrNO3/c1-4-15(9(3)16)12(13(17)18)10-6-5-8(2)11(14)7-10/h5-7,12H,4H2,1-3H3,(H,17,18). The van der Waals surface area contributed by atoms with Crippen molar-refractivity contribution in [1.29, 1.82) is 0 Å².